The predicted molar refractivity (Wildman–Crippen MR) is 60.5 cm³/mol. The molecule has 1 aromatic heterocycles. The number of nitrogens with one attached hydrogen (secondary N) is 3. The Bertz CT molecular complexity index is 406. The van der Waals surface area contributed by atoms with Gasteiger partial charge in [0.1, 0.15) is 5.54 Å². The van der Waals surface area contributed by atoms with Crippen LogP contribution in [0.2, 0.25) is 0 Å². The number of rotatable bonds is 6. The molecular formula is C9H16N6O3. The minimum atomic E-state index is -1.28. The first-order chi connectivity index (χ1) is 8.48. The number of urea groups is 1. The molecule has 0 spiro atoms. The Morgan fingerprint density at radius 3 is 2.72 bits per heavy atom. The van der Waals surface area contributed by atoms with Crippen molar-refractivity contribution in [3.05, 3.63) is 5.82 Å². The van der Waals surface area contributed by atoms with E-state index in [1.54, 1.807) is 0 Å². The number of hydrogen-bond donors (Lipinski definition) is 4. The molecule has 1 rings (SSSR count). The monoisotopic (exact) mass is 256 g/mol. The quantitative estimate of drug-likeness (QED) is 0.549. The van der Waals surface area contributed by atoms with Crippen molar-refractivity contribution >= 4 is 12.0 Å². The van der Waals surface area contributed by atoms with Crippen molar-refractivity contribution in [2.75, 3.05) is 0 Å². The summed E-state index contributed by atoms with van der Waals surface area (Å²) in [6.45, 7) is 3.39. The maximum Gasteiger partial charge on any atom is 0.329 e. The number of H-pyrrole nitrogens is 1. The molecule has 4 N–H and O–H groups in total. The van der Waals surface area contributed by atoms with Crippen molar-refractivity contribution in [3.8, 4) is 0 Å². The molecule has 0 radical (unpaired) electrons. The summed E-state index contributed by atoms with van der Waals surface area (Å²) in [5.74, 6) is -0.753. The van der Waals surface area contributed by atoms with Crippen molar-refractivity contribution in [3.63, 3.8) is 0 Å². The standard InChI is InChI=1S/C9H16N6O3/c1-3-4-9(2,7(16)17)11-8(18)10-5-6-12-14-15-13-6/h3-5H2,1-2H3,(H,16,17)(H2,10,11,18)(H,12,13,14,15). The number of nitrogens with zero attached hydrogens (tertiary/aromatic N) is 3. The fourth-order valence-corrected chi connectivity index (χ4v) is 1.43. The Kier molecular flexibility index (Phi) is 4.58. The van der Waals surface area contributed by atoms with Crippen molar-refractivity contribution in [2.45, 2.75) is 38.8 Å². The van der Waals surface area contributed by atoms with Gasteiger partial charge in [-0.05, 0) is 13.3 Å². The van der Waals surface area contributed by atoms with Gasteiger partial charge in [0, 0.05) is 0 Å². The number of aliphatic carboxylic acids is 1. The third-order valence-corrected chi connectivity index (χ3v) is 2.41. The van der Waals surface area contributed by atoms with Crippen LogP contribution < -0.4 is 10.6 Å². The van der Waals surface area contributed by atoms with E-state index in [4.69, 9.17) is 5.11 Å². The maximum absolute atomic E-state index is 11.6. The highest BCUT2D eigenvalue weighted by Crippen LogP contribution is 2.12. The smallest absolute Gasteiger partial charge is 0.329 e. The van der Waals surface area contributed by atoms with Crippen LogP contribution in [0.5, 0.6) is 0 Å². The number of amides is 2. The van der Waals surface area contributed by atoms with Gasteiger partial charge in [0.15, 0.2) is 5.82 Å². The van der Waals surface area contributed by atoms with Gasteiger partial charge in [-0.25, -0.2) is 9.59 Å². The van der Waals surface area contributed by atoms with Crippen LogP contribution in [-0.2, 0) is 11.3 Å². The maximum atomic E-state index is 11.6. The zero-order valence-electron chi connectivity index (χ0n) is 10.2. The molecule has 0 saturated heterocycles. The fourth-order valence-electron chi connectivity index (χ4n) is 1.43. The predicted octanol–water partition coefficient (Wildman–Crippen LogP) is -0.358. The first kappa shape index (κ1) is 13.9. The largest absolute Gasteiger partial charge is 0.480 e. The second-order valence-corrected chi connectivity index (χ2v) is 4.02. The molecule has 1 aromatic rings. The Balaban J connectivity index is 2.49. The van der Waals surface area contributed by atoms with Crippen LogP contribution in [0.25, 0.3) is 0 Å². The molecule has 2 amide bonds. The molecule has 0 fully saturated rings. The highest BCUT2D eigenvalue weighted by molar-refractivity contribution is 5.85. The van der Waals surface area contributed by atoms with Crippen LogP contribution in [0.4, 0.5) is 4.79 Å². The third-order valence-electron chi connectivity index (χ3n) is 2.41. The van der Waals surface area contributed by atoms with Crippen LogP contribution in [0, 0.1) is 0 Å². The zero-order chi connectivity index (χ0) is 13.6. The molecular weight excluding hydrogens is 240 g/mol. The zero-order valence-corrected chi connectivity index (χ0v) is 10.2. The first-order valence-corrected chi connectivity index (χ1v) is 5.49. The van der Waals surface area contributed by atoms with Crippen molar-refractivity contribution in [1.29, 1.82) is 0 Å². The van der Waals surface area contributed by atoms with E-state index in [1.807, 2.05) is 6.92 Å². The van der Waals surface area contributed by atoms with E-state index >= 15 is 0 Å². The van der Waals surface area contributed by atoms with E-state index in [9.17, 15) is 9.59 Å². The summed E-state index contributed by atoms with van der Waals surface area (Å²) in [6, 6.07) is -0.585. The second kappa shape index (κ2) is 5.94. The van der Waals surface area contributed by atoms with E-state index in [-0.39, 0.29) is 6.54 Å². The van der Waals surface area contributed by atoms with E-state index < -0.39 is 17.5 Å². The minimum absolute atomic E-state index is 0.0736. The Hall–Kier alpha value is -2.19. The van der Waals surface area contributed by atoms with Crippen LogP contribution in [-0.4, -0.2) is 43.3 Å². The van der Waals surface area contributed by atoms with Gasteiger partial charge in [-0.2, -0.15) is 5.21 Å². The Morgan fingerprint density at radius 2 is 2.22 bits per heavy atom. The molecule has 18 heavy (non-hydrogen) atoms. The van der Waals surface area contributed by atoms with Gasteiger partial charge in [-0.15, -0.1) is 10.2 Å². The number of aromatic amines is 1. The summed E-state index contributed by atoms with van der Waals surface area (Å²) in [5.41, 5.74) is -1.28. The molecule has 0 aliphatic carbocycles. The normalized spacial score (nSPS) is 13.7. The van der Waals surface area contributed by atoms with E-state index in [0.717, 1.165) is 0 Å². The molecule has 0 saturated carbocycles. The van der Waals surface area contributed by atoms with Gasteiger partial charge in [-0.1, -0.05) is 18.6 Å². The SMILES string of the molecule is CCCC(C)(NC(=O)NCc1nn[nH]n1)C(=O)O. The number of carboxylic acid groups (broad SMARTS) is 1. The van der Waals surface area contributed by atoms with Crippen LogP contribution in [0.15, 0.2) is 0 Å². The van der Waals surface area contributed by atoms with Gasteiger partial charge in [-0.3, -0.25) is 0 Å². The average molecular weight is 256 g/mol. The molecule has 0 aromatic carbocycles. The van der Waals surface area contributed by atoms with Crippen LogP contribution in [0.1, 0.15) is 32.5 Å². The number of carboxylic acids is 1. The van der Waals surface area contributed by atoms with E-state index in [1.165, 1.54) is 6.92 Å². The molecule has 0 aliphatic heterocycles. The minimum Gasteiger partial charge on any atom is -0.480 e. The number of aromatic nitrogens is 4. The Labute approximate surface area is 103 Å². The van der Waals surface area contributed by atoms with Gasteiger partial charge < -0.3 is 15.7 Å². The topological polar surface area (TPSA) is 133 Å². The van der Waals surface area contributed by atoms with Gasteiger partial charge in [0.25, 0.3) is 0 Å². The van der Waals surface area contributed by atoms with Crippen molar-refractivity contribution in [1.82, 2.24) is 31.3 Å². The fraction of sp³-hybridized carbons (Fsp3) is 0.667. The summed E-state index contributed by atoms with van der Waals surface area (Å²) in [5, 5.41) is 26.8. The molecule has 0 aliphatic rings. The average Bonchev–Trinajstić information content (AvgIpc) is 2.79. The number of carbonyl (C=O) groups excluding carboxylic acids is 1. The summed E-state index contributed by atoms with van der Waals surface area (Å²) in [4.78, 5) is 22.7. The summed E-state index contributed by atoms with van der Waals surface area (Å²) >= 11 is 0. The Morgan fingerprint density at radius 1 is 1.50 bits per heavy atom. The molecule has 1 heterocycles. The molecule has 100 valence electrons. The second-order valence-electron chi connectivity index (χ2n) is 4.02. The number of carbonyl (C=O) groups is 2. The van der Waals surface area contributed by atoms with Gasteiger partial charge >= 0.3 is 12.0 Å². The molecule has 9 nitrogen and oxygen atoms in total. The summed E-state index contributed by atoms with van der Waals surface area (Å²) in [7, 11) is 0. The molecule has 0 bridgehead atoms. The van der Waals surface area contributed by atoms with Crippen molar-refractivity contribution in [2.24, 2.45) is 0 Å². The van der Waals surface area contributed by atoms with Crippen molar-refractivity contribution < 1.29 is 14.7 Å². The van der Waals surface area contributed by atoms with E-state index in [2.05, 4.69) is 31.3 Å². The lowest BCUT2D eigenvalue weighted by atomic mass is 9.97. The molecule has 1 atom stereocenters. The van der Waals surface area contributed by atoms with Gasteiger partial charge in [0.05, 0.1) is 6.54 Å². The lowest BCUT2D eigenvalue weighted by molar-refractivity contribution is -0.144. The number of tetrazole rings is 1. The third kappa shape index (κ3) is 3.68. The summed E-state index contributed by atoms with van der Waals surface area (Å²) < 4.78 is 0. The van der Waals surface area contributed by atoms with Gasteiger partial charge in [0.2, 0.25) is 0 Å². The van der Waals surface area contributed by atoms with Crippen LogP contribution in [0.3, 0.4) is 0 Å². The summed E-state index contributed by atoms with van der Waals surface area (Å²) in [6.07, 6.45) is 0.992. The highest BCUT2D eigenvalue weighted by Gasteiger charge is 2.33. The molecule has 9 heteroatoms. The molecule has 1 unspecified atom stereocenters. The van der Waals surface area contributed by atoms with Crippen LogP contribution >= 0.6 is 0 Å². The highest BCUT2D eigenvalue weighted by atomic mass is 16.4. The lowest BCUT2D eigenvalue weighted by Crippen LogP contribution is -2.55. The van der Waals surface area contributed by atoms with E-state index in [0.29, 0.717) is 18.7 Å². The number of hydrogen-bond acceptors (Lipinski definition) is 5. The first-order valence-electron chi connectivity index (χ1n) is 5.49. The lowest BCUT2D eigenvalue weighted by Gasteiger charge is -2.25.